The number of likely N-dealkylation sites (N-methyl/N-ethyl adjacent to an activating group) is 1. The van der Waals surface area contributed by atoms with Crippen molar-refractivity contribution in [1.82, 2.24) is 5.32 Å². The number of ether oxygens (including phenoxy) is 4. The molecule has 4 saturated heterocycles. The molecule has 6 rings (SSSR count). The predicted molar refractivity (Wildman–Crippen MR) is 113 cm³/mol. The number of carbonyl (C=O) groups is 2. The van der Waals surface area contributed by atoms with Crippen LogP contribution < -0.4 is 5.32 Å². The number of Topliss-reactive ketones (excluding diaryl/α,β-unsaturated/α-hetero) is 1. The molecule has 0 aromatic heterocycles. The molecule has 9 atom stereocenters. The van der Waals surface area contributed by atoms with Gasteiger partial charge in [0.25, 0.3) is 0 Å². The van der Waals surface area contributed by atoms with Gasteiger partial charge in [0.05, 0.1) is 24.2 Å². The summed E-state index contributed by atoms with van der Waals surface area (Å²) in [5, 5.41) is 25.6. The summed E-state index contributed by atoms with van der Waals surface area (Å²) in [7, 11) is 1.89. The summed E-state index contributed by atoms with van der Waals surface area (Å²) in [4.78, 5) is 26.3. The Labute approximate surface area is 191 Å². The van der Waals surface area contributed by atoms with Crippen LogP contribution in [0.1, 0.15) is 67.6 Å². The van der Waals surface area contributed by atoms with Gasteiger partial charge in [0, 0.05) is 17.2 Å². The van der Waals surface area contributed by atoms with E-state index in [-0.39, 0.29) is 35.4 Å². The van der Waals surface area contributed by atoms with Gasteiger partial charge in [0.2, 0.25) is 11.4 Å². The highest BCUT2D eigenvalue weighted by atomic mass is 16.7. The fraction of sp³-hybridized carbons (Fsp3) is 0.667. The largest absolute Gasteiger partial charge is 0.508 e. The van der Waals surface area contributed by atoms with Gasteiger partial charge in [-0.1, -0.05) is 6.07 Å². The quantitative estimate of drug-likeness (QED) is 0.442. The summed E-state index contributed by atoms with van der Waals surface area (Å²) in [6, 6.07) is 3.37. The molecule has 1 aliphatic carbocycles. The van der Waals surface area contributed by atoms with Crippen LogP contribution >= 0.6 is 0 Å². The maximum Gasteiger partial charge on any atom is 0.309 e. The minimum absolute atomic E-state index is 0.0308. The number of hydrogen-bond acceptors (Lipinski definition) is 9. The summed E-state index contributed by atoms with van der Waals surface area (Å²) < 4.78 is 24.0. The van der Waals surface area contributed by atoms with Crippen LogP contribution in [-0.4, -0.2) is 70.7 Å². The van der Waals surface area contributed by atoms with Gasteiger partial charge in [-0.3, -0.25) is 9.59 Å². The van der Waals surface area contributed by atoms with Gasteiger partial charge in [-0.2, -0.15) is 0 Å². The molecular weight excluding hydrogens is 430 g/mol. The second-order valence-electron chi connectivity index (χ2n) is 10.2. The molecule has 4 fully saturated rings. The number of carbonyl (C=O) groups excluding carboxylic acids is 2. The number of ketones is 1. The Morgan fingerprint density at radius 1 is 1.21 bits per heavy atom. The lowest BCUT2D eigenvalue weighted by Crippen LogP contribution is -2.62. The Morgan fingerprint density at radius 3 is 2.67 bits per heavy atom. The lowest BCUT2D eigenvalue weighted by atomic mass is 9.64. The van der Waals surface area contributed by atoms with Crippen molar-refractivity contribution in [3.63, 3.8) is 0 Å². The molecule has 0 spiro atoms. The molecule has 0 bridgehead atoms. The lowest BCUT2D eigenvalue weighted by Gasteiger charge is -2.45. The lowest BCUT2D eigenvalue weighted by molar-refractivity contribution is -0.149. The van der Waals surface area contributed by atoms with Crippen molar-refractivity contribution >= 4 is 11.8 Å². The van der Waals surface area contributed by atoms with Crippen molar-refractivity contribution in [2.45, 2.75) is 93.4 Å². The molecule has 3 N–H and O–H groups in total. The minimum Gasteiger partial charge on any atom is -0.508 e. The Balaban J connectivity index is 1.52. The van der Waals surface area contributed by atoms with Crippen LogP contribution in [0.4, 0.5) is 0 Å². The van der Waals surface area contributed by atoms with E-state index >= 15 is 0 Å². The molecule has 9 heteroatoms. The smallest absolute Gasteiger partial charge is 0.309 e. The predicted octanol–water partition coefficient (Wildman–Crippen LogP) is 1.23. The normalized spacial score (nSPS) is 47.8. The van der Waals surface area contributed by atoms with Crippen molar-refractivity contribution < 1.29 is 38.7 Å². The summed E-state index contributed by atoms with van der Waals surface area (Å²) in [6.45, 7) is 5.63. The van der Waals surface area contributed by atoms with Crippen LogP contribution in [0.25, 0.3) is 0 Å². The van der Waals surface area contributed by atoms with E-state index in [4.69, 9.17) is 18.9 Å². The number of aliphatic hydroxyl groups excluding tert-OH is 1. The van der Waals surface area contributed by atoms with Gasteiger partial charge < -0.3 is 34.5 Å². The van der Waals surface area contributed by atoms with E-state index in [1.54, 1.807) is 13.0 Å². The van der Waals surface area contributed by atoms with Crippen molar-refractivity contribution in [2.75, 3.05) is 7.05 Å². The number of esters is 1. The molecule has 178 valence electrons. The highest BCUT2D eigenvalue weighted by molar-refractivity contribution is 6.11. The van der Waals surface area contributed by atoms with Crippen LogP contribution in [0, 0.1) is 0 Å². The Kier molecular flexibility index (Phi) is 4.26. The first-order valence-corrected chi connectivity index (χ1v) is 11.6. The second-order valence-corrected chi connectivity index (χ2v) is 10.2. The summed E-state index contributed by atoms with van der Waals surface area (Å²) in [5.41, 5.74) is -2.85. The number of phenolic OH excluding ortho intramolecular Hbond substituents is 1. The first-order chi connectivity index (χ1) is 15.6. The molecule has 9 unspecified atom stereocenters. The topological polar surface area (TPSA) is 127 Å². The third-order valence-electron chi connectivity index (χ3n) is 8.57. The van der Waals surface area contributed by atoms with E-state index in [9.17, 15) is 19.8 Å². The molecule has 4 heterocycles. The van der Waals surface area contributed by atoms with E-state index in [0.717, 1.165) is 6.42 Å². The van der Waals surface area contributed by atoms with Gasteiger partial charge in [-0.15, -0.1) is 0 Å². The van der Waals surface area contributed by atoms with Crippen LogP contribution in [0.5, 0.6) is 5.75 Å². The zero-order valence-electron chi connectivity index (χ0n) is 19.1. The zero-order chi connectivity index (χ0) is 23.5. The second kappa shape index (κ2) is 6.55. The number of hydrogen-bond donors (Lipinski definition) is 3. The molecular formula is C24H29NO8. The number of aliphatic hydroxyl groups is 1. The Bertz CT molecular complexity index is 1070. The zero-order valence-corrected chi connectivity index (χ0v) is 19.1. The summed E-state index contributed by atoms with van der Waals surface area (Å²) >= 11 is 0. The standard InChI is InChI=1S/C24H29NO8/c1-10-13(25-4)7-8-22(3,32-10)12-5-6-14(26)18-17(12)19(28)24-21-15(9-16(27)31-21)30-11(2)23(24,33-24)20(18)29/h5-6,10-11,13,15,20-21,25-26,29H,7-9H2,1-4H3. The van der Waals surface area contributed by atoms with E-state index in [1.165, 1.54) is 6.07 Å². The molecule has 5 aliphatic rings. The molecule has 0 saturated carbocycles. The molecule has 0 radical (unpaired) electrons. The molecule has 9 nitrogen and oxygen atoms in total. The van der Waals surface area contributed by atoms with Gasteiger partial charge >= 0.3 is 5.97 Å². The maximum absolute atomic E-state index is 14.2. The minimum atomic E-state index is -1.54. The first kappa shape index (κ1) is 21.5. The summed E-state index contributed by atoms with van der Waals surface area (Å²) in [6.07, 6.45) is -2.19. The van der Waals surface area contributed by atoms with Crippen LogP contribution in [0.3, 0.4) is 0 Å². The number of epoxide rings is 1. The fourth-order valence-corrected chi connectivity index (χ4v) is 6.87. The Morgan fingerprint density at radius 2 is 1.97 bits per heavy atom. The van der Waals surface area contributed by atoms with Gasteiger partial charge in [0.15, 0.2) is 11.7 Å². The van der Waals surface area contributed by atoms with E-state index in [1.807, 2.05) is 20.9 Å². The number of fused-ring (bicyclic) bond motifs is 2. The van der Waals surface area contributed by atoms with Crippen LogP contribution in [0.2, 0.25) is 0 Å². The van der Waals surface area contributed by atoms with E-state index in [2.05, 4.69) is 5.32 Å². The van der Waals surface area contributed by atoms with Gasteiger partial charge in [0.1, 0.15) is 18.0 Å². The average Bonchev–Trinajstić information content (AvgIpc) is 3.38. The average molecular weight is 459 g/mol. The SMILES string of the molecule is CNC1CCC(C)(c2ccc(O)c3c2C(=O)C24OC2(C(C)OC2CC(=O)OC24)C3O)OC1C. The van der Waals surface area contributed by atoms with Crippen molar-refractivity contribution in [1.29, 1.82) is 0 Å². The number of phenols is 1. The Hall–Kier alpha value is -2.04. The molecule has 0 amide bonds. The fourth-order valence-electron chi connectivity index (χ4n) is 6.87. The van der Waals surface area contributed by atoms with Crippen molar-refractivity contribution in [3.8, 4) is 5.75 Å². The number of benzene rings is 1. The number of aromatic hydroxyl groups is 1. The van der Waals surface area contributed by atoms with Crippen LogP contribution in [0.15, 0.2) is 12.1 Å². The van der Waals surface area contributed by atoms with Gasteiger partial charge in [-0.05, 0) is 52.3 Å². The van der Waals surface area contributed by atoms with Crippen molar-refractivity contribution in [3.05, 3.63) is 28.8 Å². The summed E-state index contributed by atoms with van der Waals surface area (Å²) in [5.74, 6) is -1.05. The van der Waals surface area contributed by atoms with Crippen molar-refractivity contribution in [2.24, 2.45) is 0 Å². The first-order valence-electron chi connectivity index (χ1n) is 11.6. The van der Waals surface area contributed by atoms with E-state index in [0.29, 0.717) is 12.0 Å². The number of nitrogens with one attached hydrogen (secondary N) is 1. The maximum atomic E-state index is 14.2. The molecule has 4 aliphatic heterocycles. The van der Waals surface area contributed by atoms with Crippen LogP contribution in [-0.2, 0) is 29.3 Å². The highest BCUT2D eigenvalue weighted by Gasteiger charge is 2.90. The van der Waals surface area contributed by atoms with Gasteiger partial charge in [-0.25, -0.2) is 0 Å². The molecule has 1 aromatic carbocycles. The molecule has 33 heavy (non-hydrogen) atoms. The number of rotatable bonds is 2. The third-order valence-corrected chi connectivity index (χ3v) is 8.57. The van der Waals surface area contributed by atoms with E-state index < -0.39 is 53.0 Å². The monoisotopic (exact) mass is 459 g/mol. The molecule has 1 aromatic rings. The third kappa shape index (κ3) is 2.39. The highest BCUT2D eigenvalue weighted by Crippen LogP contribution is 2.70.